The van der Waals surface area contributed by atoms with Gasteiger partial charge in [-0.25, -0.2) is 0 Å². The molecule has 4 heterocycles. The summed E-state index contributed by atoms with van der Waals surface area (Å²) in [6.45, 7) is 17.5. The number of rotatable bonds is 19. The highest BCUT2D eigenvalue weighted by Crippen LogP contribution is 2.35. The van der Waals surface area contributed by atoms with Gasteiger partial charge < -0.3 is 38.2 Å². The number of likely N-dealkylation sites (N-methyl/N-ethyl adjacent to an activating group) is 2. The monoisotopic (exact) mass is 924 g/mol. The van der Waals surface area contributed by atoms with Crippen molar-refractivity contribution in [2.24, 2.45) is 0 Å². The Morgan fingerprint density at radius 2 is 1.00 bits per heavy atom. The van der Waals surface area contributed by atoms with Gasteiger partial charge in [-0.3, -0.25) is 9.80 Å². The fraction of sp³-hybridized carbons (Fsp3) is 0.500. The van der Waals surface area contributed by atoms with Crippen molar-refractivity contribution >= 4 is 31.9 Å². The van der Waals surface area contributed by atoms with Gasteiger partial charge in [-0.1, -0.05) is 36.4 Å². The second-order valence-corrected chi connectivity index (χ2v) is 16.7. The van der Waals surface area contributed by atoms with Crippen molar-refractivity contribution in [3.05, 3.63) is 90.9 Å². The molecule has 2 aliphatic heterocycles. The summed E-state index contributed by atoms with van der Waals surface area (Å²) in [5, 5.41) is 0. The van der Waals surface area contributed by atoms with Crippen molar-refractivity contribution in [1.82, 2.24) is 29.6 Å². The highest BCUT2D eigenvalue weighted by Gasteiger charge is 2.19. The van der Waals surface area contributed by atoms with Gasteiger partial charge in [0.2, 0.25) is 23.5 Å². The molecule has 0 unspecified atom stereocenters. The van der Waals surface area contributed by atoms with E-state index >= 15 is 0 Å². The molecule has 0 radical (unpaired) electrons. The van der Waals surface area contributed by atoms with Crippen LogP contribution in [-0.2, 0) is 35.8 Å². The second kappa shape index (κ2) is 21.8. The van der Waals surface area contributed by atoms with Crippen LogP contribution in [0.5, 0.6) is 23.5 Å². The number of methoxy groups -OCH3 is 2. The molecule has 2 saturated heterocycles. The van der Waals surface area contributed by atoms with E-state index in [0.717, 1.165) is 132 Å². The molecule has 4 aromatic rings. The molecule has 12 nitrogen and oxygen atoms in total. The van der Waals surface area contributed by atoms with Gasteiger partial charge in [0.25, 0.3) is 0 Å². The summed E-state index contributed by atoms with van der Waals surface area (Å²) in [5.41, 5.74) is 8.72. The minimum Gasteiger partial charge on any atom is -0.481 e. The molecule has 0 aliphatic carbocycles. The van der Waals surface area contributed by atoms with E-state index in [0.29, 0.717) is 49.8 Å². The van der Waals surface area contributed by atoms with Gasteiger partial charge in [0, 0.05) is 76.6 Å². The van der Waals surface area contributed by atoms with Crippen LogP contribution in [0, 0.1) is 13.8 Å². The highest BCUT2D eigenvalue weighted by atomic mass is 79.9. The summed E-state index contributed by atoms with van der Waals surface area (Å²) in [7, 11) is 7.56. The molecule has 0 amide bonds. The second-order valence-electron chi connectivity index (χ2n) is 15.0. The van der Waals surface area contributed by atoms with Crippen molar-refractivity contribution in [1.29, 1.82) is 0 Å². The van der Waals surface area contributed by atoms with E-state index in [9.17, 15) is 0 Å². The van der Waals surface area contributed by atoms with Crippen LogP contribution in [0.3, 0.4) is 0 Å². The number of hydrogen-bond acceptors (Lipinski definition) is 12. The molecule has 0 N–H and O–H groups in total. The molecule has 314 valence electrons. The average Bonchev–Trinajstić information content (AvgIpc) is 3.23. The number of nitrogens with zero attached hydrogens (tertiary/aromatic N) is 6. The molecule has 2 aliphatic rings. The summed E-state index contributed by atoms with van der Waals surface area (Å²) >= 11 is 7.44. The van der Waals surface area contributed by atoms with Crippen molar-refractivity contribution in [3.8, 4) is 34.6 Å². The lowest BCUT2D eigenvalue weighted by Gasteiger charge is -2.28. The zero-order chi connectivity index (χ0) is 41.0. The first-order chi connectivity index (χ1) is 28.1. The number of aromatic nitrogens is 2. The van der Waals surface area contributed by atoms with E-state index < -0.39 is 0 Å². The Kier molecular flexibility index (Phi) is 16.6. The summed E-state index contributed by atoms with van der Waals surface area (Å²) in [4.78, 5) is 19.0. The fourth-order valence-corrected chi connectivity index (χ4v) is 8.30. The van der Waals surface area contributed by atoms with Crippen LogP contribution in [0.2, 0.25) is 0 Å². The van der Waals surface area contributed by atoms with Crippen LogP contribution in [-0.4, -0.2) is 137 Å². The SMILES string of the molecule is COc1nc(OCc2cccc(-c3cccc(COc4nc(OC)c(CN(C)CCN5CCOCC5)cc4Br)c3C)c2C)c(Br)cc1CN(C)CCN1CCOCC1. The number of pyridine rings is 2. The lowest BCUT2D eigenvalue weighted by Crippen LogP contribution is -2.40. The number of morpholine rings is 2. The molecule has 6 rings (SSSR count). The van der Waals surface area contributed by atoms with E-state index in [1.165, 1.54) is 0 Å². The molecule has 0 bridgehead atoms. The maximum absolute atomic E-state index is 6.34. The Balaban J connectivity index is 1.08. The van der Waals surface area contributed by atoms with Gasteiger partial charge >= 0.3 is 0 Å². The first-order valence-electron chi connectivity index (χ1n) is 20.0. The Bertz CT molecular complexity index is 1820. The summed E-state index contributed by atoms with van der Waals surface area (Å²) in [6.07, 6.45) is 0. The van der Waals surface area contributed by atoms with Crippen molar-refractivity contribution in [3.63, 3.8) is 0 Å². The molecule has 2 aromatic heterocycles. The Morgan fingerprint density at radius 1 is 0.603 bits per heavy atom. The number of ether oxygens (including phenoxy) is 6. The lowest BCUT2D eigenvalue weighted by atomic mass is 9.92. The number of halogens is 2. The maximum atomic E-state index is 6.34. The quantitative estimate of drug-likeness (QED) is 0.0972. The third-order valence-electron chi connectivity index (χ3n) is 10.9. The van der Waals surface area contributed by atoms with Crippen LogP contribution in [0.1, 0.15) is 33.4 Å². The Hall–Kier alpha value is -3.34. The zero-order valence-electron chi connectivity index (χ0n) is 34.8. The Labute approximate surface area is 361 Å². The van der Waals surface area contributed by atoms with Gasteiger partial charge in [-0.05, 0) is 105 Å². The largest absolute Gasteiger partial charge is 0.481 e. The predicted octanol–water partition coefficient (Wildman–Crippen LogP) is 6.99. The topological polar surface area (TPSA) is 94.1 Å². The third-order valence-corrected chi connectivity index (χ3v) is 12.1. The van der Waals surface area contributed by atoms with E-state index in [2.05, 4.69) is 128 Å². The van der Waals surface area contributed by atoms with Crippen molar-refractivity contribution in [2.45, 2.75) is 40.2 Å². The molecular weight excluding hydrogens is 868 g/mol. The van der Waals surface area contributed by atoms with Gasteiger partial charge in [0.05, 0.1) is 49.6 Å². The summed E-state index contributed by atoms with van der Waals surface area (Å²) < 4.78 is 36.7. The van der Waals surface area contributed by atoms with E-state index in [1.807, 2.05) is 0 Å². The van der Waals surface area contributed by atoms with E-state index in [-0.39, 0.29) is 0 Å². The van der Waals surface area contributed by atoms with Crippen LogP contribution < -0.4 is 18.9 Å². The number of benzene rings is 2. The molecule has 2 aromatic carbocycles. The maximum Gasteiger partial charge on any atom is 0.231 e. The van der Waals surface area contributed by atoms with Crippen LogP contribution in [0.4, 0.5) is 0 Å². The van der Waals surface area contributed by atoms with Crippen LogP contribution >= 0.6 is 31.9 Å². The summed E-state index contributed by atoms with van der Waals surface area (Å²) in [6, 6.07) is 16.8. The minimum absolute atomic E-state index is 0.357. The normalized spacial score (nSPS) is 15.3. The number of hydrogen-bond donors (Lipinski definition) is 0. The highest BCUT2D eigenvalue weighted by molar-refractivity contribution is 9.10. The van der Waals surface area contributed by atoms with Crippen molar-refractivity contribution < 1.29 is 28.4 Å². The molecule has 0 spiro atoms. The van der Waals surface area contributed by atoms with Crippen LogP contribution in [0.15, 0.2) is 57.5 Å². The van der Waals surface area contributed by atoms with Gasteiger partial charge in [0.1, 0.15) is 13.2 Å². The molecule has 0 atom stereocenters. The molecule has 58 heavy (non-hydrogen) atoms. The lowest BCUT2D eigenvalue weighted by molar-refractivity contribution is 0.0341. The van der Waals surface area contributed by atoms with Crippen LogP contribution in [0.25, 0.3) is 11.1 Å². The smallest absolute Gasteiger partial charge is 0.231 e. The third kappa shape index (κ3) is 11.9. The fourth-order valence-electron chi connectivity index (χ4n) is 7.34. The average molecular weight is 927 g/mol. The first-order valence-corrected chi connectivity index (χ1v) is 21.6. The minimum atomic E-state index is 0.357. The molecule has 0 saturated carbocycles. The van der Waals surface area contributed by atoms with Gasteiger partial charge in [-0.2, -0.15) is 9.97 Å². The standard InChI is InChI=1S/C44H58Br2N6O6/c1-31-33(29-57-43-39(45)25-35(41(47-43)53-5)27-49(3)13-15-51-17-21-55-22-18-51)9-7-11-37(31)38-12-8-10-34(32(38)2)30-58-44-40(46)26-36(42(48-44)54-6)28-50(4)14-16-52-19-23-56-24-20-52/h7-12,25-26H,13-24,27-30H2,1-6H3. The summed E-state index contributed by atoms with van der Waals surface area (Å²) in [5.74, 6) is 2.13. The van der Waals surface area contributed by atoms with E-state index in [1.54, 1.807) is 14.2 Å². The van der Waals surface area contributed by atoms with Gasteiger partial charge in [0.15, 0.2) is 0 Å². The molecule has 2 fully saturated rings. The van der Waals surface area contributed by atoms with E-state index in [4.69, 9.17) is 38.4 Å². The molecule has 14 heteroatoms. The molecular formula is C44H58Br2N6O6. The predicted molar refractivity (Wildman–Crippen MR) is 234 cm³/mol. The van der Waals surface area contributed by atoms with Gasteiger partial charge in [-0.15, -0.1) is 0 Å². The first kappa shape index (κ1) is 44.2. The zero-order valence-corrected chi connectivity index (χ0v) is 38.0. The Morgan fingerprint density at radius 3 is 1.38 bits per heavy atom. The van der Waals surface area contributed by atoms with Crippen molar-refractivity contribution in [2.75, 3.05) is 107 Å².